The summed E-state index contributed by atoms with van der Waals surface area (Å²) in [5, 5.41) is 0. The van der Waals surface area contributed by atoms with Crippen molar-refractivity contribution in [3.05, 3.63) is 54.1 Å². The molecule has 2 aromatic rings. The summed E-state index contributed by atoms with van der Waals surface area (Å²) in [5.41, 5.74) is 3.60. The second-order valence-electron chi connectivity index (χ2n) is 10.2. The van der Waals surface area contributed by atoms with Gasteiger partial charge in [0.25, 0.3) is 0 Å². The summed E-state index contributed by atoms with van der Waals surface area (Å²) in [7, 11) is 0. The Morgan fingerprint density at radius 1 is 0.676 bits per heavy atom. The van der Waals surface area contributed by atoms with Gasteiger partial charge in [-0.05, 0) is 73.4 Å². The van der Waals surface area contributed by atoms with Gasteiger partial charge in [-0.25, -0.2) is 0 Å². The normalized spacial score (nSPS) is 17.7. The van der Waals surface area contributed by atoms with Gasteiger partial charge < -0.3 is 4.74 Å². The lowest BCUT2D eigenvalue weighted by Crippen LogP contribution is -2.13. The molecule has 1 heteroatoms. The maximum Gasteiger partial charge on any atom is 0.119 e. The molecule has 1 saturated carbocycles. The van der Waals surface area contributed by atoms with Crippen molar-refractivity contribution in [3.8, 4) is 28.7 Å². The van der Waals surface area contributed by atoms with Gasteiger partial charge in [0.1, 0.15) is 5.75 Å². The summed E-state index contributed by atoms with van der Waals surface area (Å²) in [5.74, 6) is 9.54. The summed E-state index contributed by atoms with van der Waals surface area (Å²) in [4.78, 5) is 0. The van der Waals surface area contributed by atoms with E-state index in [4.69, 9.17) is 4.74 Å². The zero-order valence-corrected chi connectivity index (χ0v) is 21.8. The molecule has 0 N–H and O–H groups in total. The molecule has 3 rings (SSSR count). The zero-order chi connectivity index (χ0) is 23.8. The van der Waals surface area contributed by atoms with E-state index in [0.717, 1.165) is 30.3 Å². The fourth-order valence-electron chi connectivity index (χ4n) is 5.03. The molecule has 0 radical (unpaired) electrons. The summed E-state index contributed by atoms with van der Waals surface area (Å²) in [6, 6.07) is 17.2. The maximum atomic E-state index is 5.87. The molecule has 0 amide bonds. The van der Waals surface area contributed by atoms with Crippen LogP contribution in [0.25, 0.3) is 11.1 Å². The first kappa shape index (κ1) is 26.4. The minimum atomic E-state index is 0.588. The van der Waals surface area contributed by atoms with Crippen LogP contribution in [-0.4, -0.2) is 6.61 Å². The molecular formula is C33H46O. The molecule has 1 fully saturated rings. The molecule has 2 aromatic carbocycles. The molecule has 0 bridgehead atoms. The molecule has 0 unspecified atom stereocenters. The molecule has 0 aliphatic heterocycles. The first-order valence-corrected chi connectivity index (χ1v) is 14.1. The van der Waals surface area contributed by atoms with E-state index in [-0.39, 0.29) is 0 Å². The SMILES string of the molecule is CCCCCCCC1CCC(C#Cc2ccc(-c3ccc(OCCCCCC)cc3)cc2)CC1. The van der Waals surface area contributed by atoms with Gasteiger partial charge in [0, 0.05) is 11.5 Å². The second-order valence-corrected chi connectivity index (χ2v) is 10.2. The number of ether oxygens (including phenoxy) is 1. The first-order valence-electron chi connectivity index (χ1n) is 14.1. The lowest BCUT2D eigenvalue weighted by molar-refractivity contribution is 0.294. The molecule has 0 aromatic heterocycles. The van der Waals surface area contributed by atoms with E-state index in [1.54, 1.807) is 0 Å². The average Bonchev–Trinajstić information content (AvgIpc) is 2.89. The van der Waals surface area contributed by atoms with Crippen molar-refractivity contribution in [2.24, 2.45) is 11.8 Å². The second kappa shape index (κ2) is 15.7. The minimum absolute atomic E-state index is 0.588. The standard InChI is InChI=1S/C33H46O/c1-3-5-7-9-10-12-28-13-15-29(16-14-28)17-18-30-19-21-31(22-20-30)32-23-25-33(26-24-32)34-27-11-8-6-4-2/h19-26,28-29H,3-16,27H2,1-2H3. The highest BCUT2D eigenvalue weighted by Crippen LogP contribution is 2.32. The van der Waals surface area contributed by atoms with Gasteiger partial charge in [-0.1, -0.05) is 108 Å². The Morgan fingerprint density at radius 2 is 1.26 bits per heavy atom. The van der Waals surface area contributed by atoms with E-state index < -0.39 is 0 Å². The summed E-state index contributed by atoms with van der Waals surface area (Å²) in [6.07, 6.45) is 18.8. The summed E-state index contributed by atoms with van der Waals surface area (Å²) < 4.78 is 5.87. The fraction of sp³-hybridized carbons (Fsp3) is 0.576. The smallest absolute Gasteiger partial charge is 0.119 e. The van der Waals surface area contributed by atoms with Gasteiger partial charge in [0.15, 0.2) is 0 Å². The molecule has 0 heterocycles. The number of benzene rings is 2. The Labute approximate surface area is 209 Å². The predicted molar refractivity (Wildman–Crippen MR) is 147 cm³/mol. The van der Waals surface area contributed by atoms with Crippen LogP contribution in [0.4, 0.5) is 0 Å². The molecule has 0 spiro atoms. The average molecular weight is 459 g/mol. The third kappa shape index (κ3) is 9.58. The van der Waals surface area contributed by atoms with Crippen LogP contribution in [0.3, 0.4) is 0 Å². The van der Waals surface area contributed by atoms with E-state index in [1.807, 2.05) is 0 Å². The molecule has 1 aliphatic carbocycles. The van der Waals surface area contributed by atoms with E-state index in [9.17, 15) is 0 Å². The highest BCUT2D eigenvalue weighted by atomic mass is 16.5. The van der Waals surface area contributed by atoms with Gasteiger partial charge in [0.2, 0.25) is 0 Å². The Morgan fingerprint density at radius 3 is 1.91 bits per heavy atom. The lowest BCUT2D eigenvalue weighted by Gasteiger charge is -2.25. The van der Waals surface area contributed by atoms with Crippen LogP contribution in [-0.2, 0) is 0 Å². The number of rotatable bonds is 13. The van der Waals surface area contributed by atoms with Crippen molar-refractivity contribution in [3.63, 3.8) is 0 Å². The molecule has 1 nitrogen and oxygen atoms in total. The first-order chi connectivity index (χ1) is 16.8. The zero-order valence-electron chi connectivity index (χ0n) is 21.8. The van der Waals surface area contributed by atoms with E-state index in [1.165, 1.54) is 94.6 Å². The van der Waals surface area contributed by atoms with Crippen LogP contribution in [0.1, 0.15) is 109 Å². The van der Waals surface area contributed by atoms with Gasteiger partial charge in [-0.3, -0.25) is 0 Å². The topological polar surface area (TPSA) is 9.23 Å². The quantitative estimate of drug-likeness (QED) is 0.214. The maximum absolute atomic E-state index is 5.87. The highest BCUT2D eigenvalue weighted by Gasteiger charge is 2.19. The highest BCUT2D eigenvalue weighted by molar-refractivity contribution is 5.65. The fourth-order valence-corrected chi connectivity index (χ4v) is 5.03. The van der Waals surface area contributed by atoms with Crippen LogP contribution in [0.5, 0.6) is 5.75 Å². The van der Waals surface area contributed by atoms with Crippen LogP contribution >= 0.6 is 0 Å². The molecule has 1 aliphatic rings. The Bertz CT molecular complexity index is 844. The van der Waals surface area contributed by atoms with Crippen molar-refractivity contribution in [2.45, 2.75) is 104 Å². The van der Waals surface area contributed by atoms with Gasteiger partial charge in [-0.2, -0.15) is 0 Å². The van der Waals surface area contributed by atoms with Crippen molar-refractivity contribution < 1.29 is 4.74 Å². The van der Waals surface area contributed by atoms with Gasteiger partial charge in [0.05, 0.1) is 6.61 Å². The Balaban J connectivity index is 1.40. The molecule has 0 saturated heterocycles. The minimum Gasteiger partial charge on any atom is -0.494 e. The summed E-state index contributed by atoms with van der Waals surface area (Å²) in [6.45, 7) is 5.34. The summed E-state index contributed by atoms with van der Waals surface area (Å²) >= 11 is 0. The molecular weight excluding hydrogens is 412 g/mol. The van der Waals surface area contributed by atoms with E-state index in [2.05, 4.69) is 74.2 Å². The van der Waals surface area contributed by atoms with Crippen molar-refractivity contribution in [2.75, 3.05) is 6.61 Å². The number of unbranched alkanes of at least 4 members (excludes halogenated alkanes) is 7. The Hall–Kier alpha value is -2.20. The van der Waals surface area contributed by atoms with Gasteiger partial charge in [-0.15, -0.1) is 0 Å². The van der Waals surface area contributed by atoms with Crippen molar-refractivity contribution in [1.82, 2.24) is 0 Å². The largest absolute Gasteiger partial charge is 0.494 e. The van der Waals surface area contributed by atoms with Crippen molar-refractivity contribution >= 4 is 0 Å². The van der Waals surface area contributed by atoms with Gasteiger partial charge >= 0.3 is 0 Å². The number of hydrogen-bond donors (Lipinski definition) is 0. The third-order valence-corrected chi connectivity index (χ3v) is 7.32. The van der Waals surface area contributed by atoms with Crippen LogP contribution < -0.4 is 4.74 Å². The van der Waals surface area contributed by atoms with Crippen LogP contribution in [0.2, 0.25) is 0 Å². The van der Waals surface area contributed by atoms with E-state index >= 15 is 0 Å². The van der Waals surface area contributed by atoms with E-state index in [0.29, 0.717) is 5.92 Å². The lowest BCUT2D eigenvalue weighted by atomic mass is 9.80. The molecule has 34 heavy (non-hydrogen) atoms. The third-order valence-electron chi connectivity index (χ3n) is 7.32. The Kier molecular flexibility index (Phi) is 12.2. The van der Waals surface area contributed by atoms with Crippen molar-refractivity contribution in [1.29, 1.82) is 0 Å². The van der Waals surface area contributed by atoms with Crippen LogP contribution in [0, 0.1) is 23.7 Å². The molecule has 0 atom stereocenters. The monoisotopic (exact) mass is 458 g/mol. The molecule has 184 valence electrons. The number of hydrogen-bond acceptors (Lipinski definition) is 1. The van der Waals surface area contributed by atoms with Crippen LogP contribution in [0.15, 0.2) is 48.5 Å². The predicted octanol–water partition coefficient (Wildman–Crippen LogP) is 9.83.